The Morgan fingerprint density at radius 1 is 1.19 bits per heavy atom. The zero-order valence-electron chi connectivity index (χ0n) is 16.8. The van der Waals surface area contributed by atoms with Crippen LogP contribution in [0.4, 0.5) is 10.8 Å². The number of thiazole rings is 1. The van der Waals surface area contributed by atoms with Crippen LogP contribution in [0.1, 0.15) is 22.6 Å². The number of nitrogens with zero attached hydrogens (tertiary/aromatic N) is 2. The zero-order chi connectivity index (χ0) is 22.0. The molecule has 2 amide bonds. The first-order chi connectivity index (χ1) is 14.8. The van der Waals surface area contributed by atoms with Gasteiger partial charge in [-0.25, -0.2) is 13.4 Å². The van der Waals surface area contributed by atoms with Crippen molar-refractivity contribution in [3.8, 4) is 0 Å². The number of anilines is 2. The van der Waals surface area contributed by atoms with Gasteiger partial charge in [0.25, 0.3) is 0 Å². The van der Waals surface area contributed by atoms with Gasteiger partial charge in [0, 0.05) is 28.7 Å². The largest absolute Gasteiger partial charge is 0.312 e. The maximum atomic E-state index is 12.9. The predicted octanol–water partition coefficient (Wildman–Crippen LogP) is 3.31. The number of rotatable bonds is 6. The first-order valence-corrected chi connectivity index (χ1v) is 13.3. The van der Waals surface area contributed by atoms with Crippen molar-refractivity contribution in [3.05, 3.63) is 57.2 Å². The highest BCUT2D eigenvalue weighted by Gasteiger charge is 2.24. The number of benzene rings is 1. The fourth-order valence-corrected chi connectivity index (χ4v) is 5.60. The molecule has 0 saturated heterocycles. The van der Waals surface area contributed by atoms with Gasteiger partial charge in [-0.2, -0.15) is 0 Å². The fourth-order valence-electron chi connectivity index (χ4n) is 3.49. The lowest BCUT2D eigenvalue weighted by Gasteiger charge is -2.29. The molecule has 1 aliphatic rings. The van der Waals surface area contributed by atoms with Crippen molar-refractivity contribution in [1.82, 2.24) is 4.98 Å². The quantitative estimate of drug-likeness (QED) is 0.590. The molecule has 1 N–H and O–H groups in total. The van der Waals surface area contributed by atoms with Gasteiger partial charge in [0.2, 0.25) is 11.8 Å². The van der Waals surface area contributed by atoms with E-state index in [2.05, 4.69) is 10.3 Å². The van der Waals surface area contributed by atoms with E-state index < -0.39 is 9.84 Å². The maximum Gasteiger partial charge on any atom is 0.233 e. The van der Waals surface area contributed by atoms with E-state index in [1.807, 2.05) is 17.5 Å². The van der Waals surface area contributed by atoms with Crippen LogP contribution in [0.15, 0.2) is 46.0 Å². The van der Waals surface area contributed by atoms with Crippen LogP contribution >= 0.6 is 22.7 Å². The third kappa shape index (κ3) is 5.20. The summed E-state index contributed by atoms with van der Waals surface area (Å²) >= 11 is 2.82. The summed E-state index contributed by atoms with van der Waals surface area (Å²) in [6, 6.07) is 8.73. The lowest BCUT2D eigenvalue weighted by molar-refractivity contribution is -0.118. The van der Waals surface area contributed by atoms with Crippen molar-refractivity contribution in [3.63, 3.8) is 0 Å². The van der Waals surface area contributed by atoms with Crippen LogP contribution in [0.2, 0.25) is 0 Å². The smallest absolute Gasteiger partial charge is 0.233 e. The zero-order valence-corrected chi connectivity index (χ0v) is 19.3. The molecule has 0 saturated carbocycles. The van der Waals surface area contributed by atoms with E-state index in [1.54, 1.807) is 28.5 Å². The molecule has 0 fully saturated rings. The first kappa shape index (κ1) is 21.7. The summed E-state index contributed by atoms with van der Waals surface area (Å²) in [4.78, 5) is 32.4. The molecular weight excluding hydrogens is 454 g/mol. The Morgan fingerprint density at radius 2 is 2.03 bits per heavy atom. The first-order valence-electron chi connectivity index (χ1n) is 9.69. The summed E-state index contributed by atoms with van der Waals surface area (Å²) in [5, 5.41) is 6.96. The van der Waals surface area contributed by atoms with Crippen molar-refractivity contribution < 1.29 is 18.0 Å². The van der Waals surface area contributed by atoms with Gasteiger partial charge in [0.15, 0.2) is 15.0 Å². The van der Waals surface area contributed by atoms with E-state index in [0.717, 1.165) is 29.0 Å². The lowest BCUT2D eigenvalue weighted by Crippen LogP contribution is -2.36. The summed E-state index contributed by atoms with van der Waals surface area (Å²) in [5.74, 6) is -0.240. The molecule has 0 spiro atoms. The van der Waals surface area contributed by atoms with Crippen molar-refractivity contribution in [2.24, 2.45) is 0 Å². The van der Waals surface area contributed by atoms with E-state index >= 15 is 0 Å². The third-order valence-electron chi connectivity index (χ3n) is 4.94. The molecule has 10 heteroatoms. The van der Waals surface area contributed by atoms with Crippen LogP contribution in [0.5, 0.6) is 0 Å². The second-order valence-corrected chi connectivity index (χ2v) is 11.2. The summed E-state index contributed by atoms with van der Waals surface area (Å²) in [7, 11) is -3.29. The minimum Gasteiger partial charge on any atom is -0.312 e. The van der Waals surface area contributed by atoms with Gasteiger partial charge >= 0.3 is 0 Å². The van der Waals surface area contributed by atoms with Crippen LogP contribution in [-0.2, 0) is 38.7 Å². The monoisotopic (exact) mass is 475 g/mol. The summed E-state index contributed by atoms with van der Waals surface area (Å²) in [6.07, 6.45) is 3.10. The van der Waals surface area contributed by atoms with Crippen LogP contribution in [0.25, 0.3) is 0 Å². The topological polar surface area (TPSA) is 96.4 Å². The minimum absolute atomic E-state index is 0.102. The van der Waals surface area contributed by atoms with E-state index in [9.17, 15) is 18.0 Å². The van der Waals surface area contributed by atoms with Gasteiger partial charge in [0.05, 0.1) is 23.4 Å². The molecule has 1 aliphatic heterocycles. The number of carbonyl (C=O) groups excluding carboxylic acids is 2. The molecule has 3 heterocycles. The highest BCUT2D eigenvalue weighted by Crippen LogP contribution is 2.30. The van der Waals surface area contributed by atoms with Crippen LogP contribution in [-0.4, -0.2) is 38.0 Å². The molecule has 0 bridgehead atoms. The number of fused-ring (bicyclic) bond motifs is 1. The molecule has 7 nitrogen and oxygen atoms in total. The number of hydrogen-bond donors (Lipinski definition) is 1. The van der Waals surface area contributed by atoms with Gasteiger partial charge in [0.1, 0.15) is 0 Å². The van der Waals surface area contributed by atoms with Crippen LogP contribution < -0.4 is 10.2 Å². The van der Waals surface area contributed by atoms with E-state index in [0.29, 0.717) is 23.8 Å². The number of thiophene rings is 1. The summed E-state index contributed by atoms with van der Waals surface area (Å²) in [5.41, 5.74) is 2.21. The molecule has 0 atom stereocenters. The number of carbonyl (C=O) groups is 2. The van der Waals surface area contributed by atoms with Gasteiger partial charge in [-0.3, -0.25) is 9.59 Å². The number of aromatic nitrogens is 1. The Morgan fingerprint density at radius 3 is 2.77 bits per heavy atom. The molecular formula is C21H21N3O4S3. The Hall–Kier alpha value is -2.56. The van der Waals surface area contributed by atoms with E-state index in [-0.39, 0.29) is 23.1 Å². The second kappa shape index (κ2) is 8.89. The molecule has 31 heavy (non-hydrogen) atoms. The molecule has 0 aliphatic carbocycles. The Balaban J connectivity index is 1.42. The minimum atomic E-state index is -3.29. The maximum absolute atomic E-state index is 12.9. The fraction of sp³-hybridized carbons (Fsp3) is 0.286. The second-order valence-electron chi connectivity index (χ2n) is 7.34. The molecule has 2 aromatic heterocycles. The number of amides is 2. The molecule has 3 aromatic rings. The van der Waals surface area contributed by atoms with Crippen molar-refractivity contribution in [2.45, 2.75) is 30.6 Å². The third-order valence-corrected chi connectivity index (χ3v) is 7.74. The molecule has 0 unspecified atom stereocenters. The standard InChI is InChI=1S/C21H21N3O4S3/c1-31(27,28)17-6-7-18-14(10-17)4-2-8-24(18)20(26)11-15-13-30-21(22-15)23-19(25)12-16-5-3-9-29-16/h3,5-7,9-10,13H,2,4,8,11-12H2,1H3,(H,22,23,25). The Labute approximate surface area is 188 Å². The van der Waals surface area contributed by atoms with Gasteiger partial charge in [-0.05, 0) is 48.1 Å². The number of aryl methyl sites for hydroxylation is 1. The average molecular weight is 476 g/mol. The molecule has 1 aromatic carbocycles. The SMILES string of the molecule is CS(=O)(=O)c1ccc2c(c1)CCCN2C(=O)Cc1csc(NC(=O)Cc2cccs2)n1. The van der Waals surface area contributed by atoms with Gasteiger partial charge in [-0.1, -0.05) is 6.07 Å². The number of sulfone groups is 1. The van der Waals surface area contributed by atoms with Crippen molar-refractivity contribution in [1.29, 1.82) is 0 Å². The molecule has 0 radical (unpaired) electrons. The number of nitrogens with one attached hydrogen (secondary N) is 1. The van der Waals surface area contributed by atoms with E-state index in [1.165, 1.54) is 28.9 Å². The Kier molecular flexibility index (Phi) is 6.22. The molecule has 4 rings (SSSR count). The van der Waals surface area contributed by atoms with Crippen LogP contribution in [0.3, 0.4) is 0 Å². The van der Waals surface area contributed by atoms with Crippen molar-refractivity contribution in [2.75, 3.05) is 23.0 Å². The molecule has 162 valence electrons. The van der Waals surface area contributed by atoms with Crippen LogP contribution in [0, 0.1) is 0 Å². The highest BCUT2D eigenvalue weighted by molar-refractivity contribution is 7.90. The average Bonchev–Trinajstić information content (AvgIpc) is 3.38. The predicted molar refractivity (Wildman–Crippen MR) is 123 cm³/mol. The van der Waals surface area contributed by atoms with Gasteiger partial charge in [-0.15, -0.1) is 22.7 Å². The van der Waals surface area contributed by atoms with Gasteiger partial charge < -0.3 is 10.2 Å². The lowest BCUT2D eigenvalue weighted by atomic mass is 10.0. The highest BCUT2D eigenvalue weighted by atomic mass is 32.2. The number of hydrogen-bond acceptors (Lipinski definition) is 7. The normalized spacial score (nSPS) is 13.6. The summed E-state index contributed by atoms with van der Waals surface area (Å²) in [6.45, 7) is 0.582. The van der Waals surface area contributed by atoms with E-state index in [4.69, 9.17) is 0 Å². The Bertz CT molecular complexity index is 1220. The van der Waals surface area contributed by atoms with Crippen molar-refractivity contribution >= 4 is 55.1 Å². The summed E-state index contributed by atoms with van der Waals surface area (Å²) < 4.78 is 23.7.